The van der Waals surface area contributed by atoms with Gasteiger partial charge in [-0.15, -0.1) is 0 Å². The number of benzene rings is 2. The monoisotopic (exact) mass is 500 g/mol. The van der Waals surface area contributed by atoms with Crippen LogP contribution in [-0.4, -0.2) is 33.4 Å². The van der Waals surface area contributed by atoms with Gasteiger partial charge in [0, 0.05) is 24.4 Å². The smallest absolute Gasteiger partial charge is 0.409 e. The molecule has 0 aliphatic heterocycles. The van der Waals surface area contributed by atoms with Crippen molar-refractivity contribution in [1.29, 1.82) is 0 Å². The number of pyridine rings is 1. The average molecular weight is 501 g/mol. The van der Waals surface area contributed by atoms with Crippen molar-refractivity contribution >= 4 is 17.9 Å². The van der Waals surface area contributed by atoms with E-state index < -0.39 is 17.5 Å². The van der Waals surface area contributed by atoms with E-state index in [9.17, 15) is 14.4 Å². The summed E-state index contributed by atoms with van der Waals surface area (Å²) in [7, 11) is 0. The highest BCUT2D eigenvalue weighted by atomic mass is 16.6. The molecular weight excluding hydrogens is 468 g/mol. The highest BCUT2D eigenvalue weighted by Gasteiger charge is 2.31. The molecule has 0 saturated carbocycles. The van der Waals surface area contributed by atoms with Crippen LogP contribution in [0.25, 0.3) is 0 Å². The van der Waals surface area contributed by atoms with Crippen molar-refractivity contribution in [3.05, 3.63) is 95.3 Å². The molecule has 2 aromatic carbocycles. The number of amides is 3. The lowest BCUT2D eigenvalue weighted by molar-refractivity contribution is -0.121. The second-order valence-corrected chi connectivity index (χ2v) is 10.1. The maximum absolute atomic E-state index is 13.1. The summed E-state index contributed by atoms with van der Waals surface area (Å²) in [5.74, 6) is -0.0324. The number of aryl methyl sites for hydroxylation is 2. The predicted molar refractivity (Wildman–Crippen MR) is 140 cm³/mol. The number of aromatic nitrogens is 1. The number of carbonyl (C=O) groups excluding carboxylic acids is 3. The molecule has 1 aromatic heterocycles. The van der Waals surface area contributed by atoms with Crippen LogP contribution in [0.1, 0.15) is 66.7 Å². The highest BCUT2D eigenvalue weighted by molar-refractivity contribution is 5.95. The molecule has 1 heterocycles. The van der Waals surface area contributed by atoms with Gasteiger partial charge in [0.25, 0.3) is 5.91 Å². The first-order valence-corrected chi connectivity index (χ1v) is 12.4. The number of rotatable bonds is 6. The molecule has 2 N–H and O–H groups in total. The first-order valence-electron chi connectivity index (χ1n) is 12.4. The fraction of sp³-hybridized carbons (Fsp3) is 0.310. The number of nitrogens with zero attached hydrogens (tertiary/aromatic N) is 2. The molecule has 1 atom stereocenters. The summed E-state index contributed by atoms with van der Waals surface area (Å²) in [4.78, 5) is 42.6. The second kappa shape index (κ2) is 11.2. The fourth-order valence-electron chi connectivity index (χ4n) is 4.27. The summed E-state index contributed by atoms with van der Waals surface area (Å²) in [5, 5.41) is 4.31. The van der Waals surface area contributed by atoms with Crippen molar-refractivity contribution in [3.8, 4) is 5.75 Å². The number of hydrogen-bond donors (Lipinski definition) is 2. The van der Waals surface area contributed by atoms with E-state index >= 15 is 0 Å². The van der Waals surface area contributed by atoms with Gasteiger partial charge >= 0.3 is 6.09 Å². The normalized spacial score (nSPS) is 14.4. The Morgan fingerprint density at radius 2 is 1.84 bits per heavy atom. The first kappa shape index (κ1) is 25.9. The molecule has 0 radical (unpaired) electrons. The van der Waals surface area contributed by atoms with E-state index in [2.05, 4.69) is 15.7 Å². The fourth-order valence-corrected chi connectivity index (χ4v) is 4.27. The molecule has 0 fully saturated rings. The van der Waals surface area contributed by atoms with Crippen LogP contribution in [0.2, 0.25) is 0 Å². The number of ether oxygens (including phenoxy) is 1. The van der Waals surface area contributed by atoms with E-state index in [1.165, 1.54) is 5.01 Å². The lowest BCUT2D eigenvalue weighted by Gasteiger charge is -2.34. The number of carbonyl (C=O) groups is 3. The number of fused-ring (bicyclic) bond motifs is 1. The first-order chi connectivity index (χ1) is 17.7. The summed E-state index contributed by atoms with van der Waals surface area (Å²) < 4.78 is 5.44. The maximum Gasteiger partial charge on any atom is 0.434 e. The van der Waals surface area contributed by atoms with Crippen LogP contribution in [0.5, 0.6) is 5.75 Å². The molecule has 0 saturated heterocycles. The third kappa shape index (κ3) is 6.73. The zero-order valence-corrected chi connectivity index (χ0v) is 21.4. The predicted octanol–water partition coefficient (Wildman–Crippen LogP) is 4.76. The van der Waals surface area contributed by atoms with Gasteiger partial charge in [0.15, 0.2) is 0 Å². The lowest BCUT2D eigenvalue weighted by atomic mass is 10.0. The van der Waals surface area contributed by atoms with E-state index in [0.29, 0.717) is 24.2 Å². The highest BCUT2D eigenvalue weighted by Crippen LogP contribution is 2.32. The Bertz CT molecular complexity index is 1260. The van der Waals surface area contributed by atoms with E-state index in [1.54, 1.807) is 42.7 Å². The Morgan fingerprint density at radius 3 is 2.54 bits per heavy atom. The molecule has 1 unspecified atom stereocenters. The van der Waals surface area contributed by atoms with Crippen molar-refractivity contribution in [1.82, 2.24) is 20.7 Å². The number of para-hydroxylation sites is 1. The SMILES string of the molecule is CC(C)(C)N(NC(=O)c1ccc2c(c1)CCC2NC(=O)CCc1cccnc1)C(=O)Oc1ccccc1. The van der Waals surface area contributed by atoms with Gasteiger partial charge in [-0.3, -0.25) is 20.0 Å². The van der Waals surface area contributed by atoms with E-state index in [1.807, 2.05) is 51.1 Å². The minimum atomic E-state index is -0.719. The third-order valence-corrected chi connectivity index (χ3v) is 6.20. The van der Waals surface area contributed by atoms with Crippen molar-refractivity contribution in [2.75, 3.05) is 0 Å². The van der Waals surface area contributed by atoms with Crippen LogP contribution < -0.4 is 15.5 Å². The van der Waals surface area contributed by atoms with Crippen LogP contribution in [0.4, 0.5) is 4.79 Å². The largest absolute Gasteiger partial charge is 0.434 e. The van der Waals surface area contributed by atoms with Crippen molar-refractivity contribution in [3.63, 3.8) is 0 Å². The number of nitrogens with one attached hydrogen (secondary N) is 2. The zero-order chi connectivity index (χ0) is 26.4. The molecule has 1 aliphatic carbocycles. The quantitative estimate of drug-likeness (QED) is 0.475. The van der Waals surface area contributed by atoms with Gasteiger partial charge in [0.05, 0.1) is 11.6 Å². The molecule has 3 amide bonds. The molecule has 8 heteroatoms. The van der Waals surface area contributed by atoms with Crippen LogP contribution in [0.3, 0.4) is 0 Å². The van der Waals surface area contributed by atoms with Crippen LogP contribution in [0, 0.1) is 0 Å². The van der Waals surface area contributed by atoms with Crippen molar-refractivity contribution in [2.24, 2.45) is 0 Å². The topological polar surface area (TPSA) is 101 Å². The molecule has 0 spiro atoms. The molecule has 192 valence electrons. The van der Waals surface area contributed by atoms with Gasteiger partial charge in [-0.25, -0.2) is 9.80 Å². The van der Waals surface area contributed by atoms with Gasteiger partial charge in [0.2, 0.25) is 5.91 Å². The standard InChI is InChI=1S/C29H32N4O4/c1-29(2,3)33(28(36)37-23-9-5-4-6-10-23)32-27(35)22-12-14-24-21(18-22)13-15-25(24)31-26(34)16-11-20-8-7-17-30-19-20/h4-10,12,14,17-19,25H,11,13,15-16H2,1-3H3,(H,31,34)(H,32,35). The number of hydrazine groups is 1. The van der Waals surface area contributed by atoms with Gasteiger partial charge in [0.1, 0.15) is 5.75 Å². The summed E-state index contributed by atoms with van der Waals surface area (Å²) in [6.45, 7) is 5.43. The summed E-state index contributed by atoms with van der Waals surface area (Å²) in [6.07, 6.45) is 5.36. The molecule has 3 aromatic rings. The summed E-state index contributed by atoms with van der Waals surface area (Å²) in [5.41, 5.74) is 5.48. The van der Waals surface area contributed by atoms with Crippen LogP contribution in [-0.2, 0) is 17.6 Å². The minimum Gasteiger partial charge on any atom is -0.409 e. The molecule has 4 rings (SSSR count). The van der Waals surface area contributed by atoms with Crippen molar-refractivity contribution < 1.29 is 19.1 Å². The molecule has 0 bridgehead atoms. The van der Waals surface area contributed by atoms with Crippen LogP contribution >= 0.6 is 0 Å². The lowest BCUT2D eigenvalue weighted by Crippen LogP contribution is -2.56. The Balaban J connectivity index is 1.38. The summed E-state index contributed by atoms with van der Waals surface area (Å²) in [6, 6.07) is 17.9. The maximum atomic E-state index is 13.1. The minimum absolute atomic E-state index is 0.0127. The Morgan fingerprint density at radius 1 is 1.05 bits per heavy atom. The van der Waals surface area contributed by atoms with Gasteiger partial charge in [-0.1, -0.05) is 30.3 Å². The molecule has 1 aliphatic rings. The van der Waals surface area contributed by atoms with Gasteiger partial charge in [-0.05, 0) is 87.1 Å². The van der Waals surface area contributed by atoms with E-state index in [0.717, 1.165) is 29.5 Å². The van der Waals surface area contributed by atoms with E-state index in [4.69, 9.17) is 4.74 Å². The van der Waals surface area contributed by atoms with Gasteiger partial charge < -0.3 is 10.1 Å². The zero-order valence-electron chi connectivity index (χ0n) is 21.4. The molecule has 37 heavy (non-hydrogen) atoms. The summed E-state index contributed by atoms with van der Waals surface area (Å²) >= 11 is 0. The second-order valence-electron chi connectivity index (χ2n) is 10.1. The Labute approximate surface area is 217 Å². The Hall–Kier alpha value is -4.20. The third-order valence-electron chi connectivity index (χ3n) is 6.20. The van der Waals surface area contributed by atoms with Crippen LogP contribution in [0.15, 0.2) is 73.1 Å². The van der Waals surface area contributed by atoms with E-state index in [-0.39, 0.29) is 11.9 Å². The van der Waals surface area contributed by atoms with Crippen molar-refractivity contribution in [2.45, 2.75) is 58.0 Å². The molecule has 8 nitrogen and oxygen atoms in total. The van der Waals surface area contributed by atoms with Gasteiger partial charge in [-0.2, -0.15) is 0 Å². The molecular formula is C29H32N4O4. The number of hydrogen-bond acceptors (Lipinski definition) is 5. The Kier molecular flexibility index (Phi) is 7.86. The average Bonchev–Trinajstić information content (AvgIpc) is 3.28.